The van der Waals surface area contributed by atoms with Crippen LogP contribution in [0.15, 0.2) is 57.5 Å². The maximum atomic E-state index is 5.59. The van der Waals surface area contributed by atoms with Crippen LogP contribution in [0.25, 0.3) is 0 Å². The largest absolute Gasteiger partial charge is 0.491 e. The lowest BCUT2D eigenvalue weighted by molar-refractivity contribution is 0.0886. The second-order valence-corrected chi connectivity index (χ2v) is 5.72. The van der Waals surface area contributed by atoms with Crippen molar-refractivity contribution < 1.29 is 9.47 Å². The topological polar surface area (TPSA) is 18.5 Å². The first-order chi connectivity index (χ1) is 9.25. The Hall–Kier alpha value is -0.840. The van der Waals surface area contributed by atoms with E-state index in [2.05, 4.69) is 31.9 Å². The summed E-state index contributed by atoms with van der Waals surface area (Å²) in [7, 11) is 0. The molecule has 0 radical (unpaired) electrons. The molecule has 0 aliphatic heterocycles. The summed E-state index contributed by atoms with van der Waals surface area (Å²) < 4.78 is 13.3. The van der Waals surface area contributed by atoms with Crippen molar-refractivity contribution in [1.29, 1.82) is 0 Å². The fourth-order valence-electron chi connectivity index (χ4n) is 1.57. The molecule has 0 amide bonds. The Labute approximate surface area is 130 Å². The fraction of sp³-hybridized carbons (Fsp3) is 0.200. The van der Waals surface area contributed by atoms with Gasteiger partial charge in [0.15, 0.2) is 0 Å². The summed E-state index contributed by atoms with van der Waals surface area (Å²) in [4.78, 5) is 0. The molecule has 2 aromatic rings. The van der Waals surface area contributed by atoms with Crippen molar-refractivity contribution in [2.45, 2.75) is 6.61 Å². The lowest BCUT2D eigenvalue weighted by Crippen LogP contribution is -2.06. The van der Waals surface area contributed by atoms with Crippen LogP contribution in [0.3, 0.4) is 0 Å². The van der Waals surface area contributed by atoms with Gasteiger partial charge in [-0.2, -0.15) is 0 Å². The van der Waals surface area contributed by atoms with E-state index in [1.165, 1.54) is 0 Å². The molecular weight excluding hydrogens is 372 g/mol. The zero-order valence-electron chi connectivity index (χ0n) is 10.3. The van der Waals surface area contributed by atoms with Crippen LogP contribution in [-0.2, 0) is 11.3 Å². The highest BCUT2D eigenvalue weighted by atomic mass is 79.9. The summed E-state index contributed by atoms with van der Waals surface area (Å²) in [6.07, 6.45) is 0. The van der Waals surface area contributed by atoms with Gasteiger partial charge in [-0.15, -0.1) is 0 Å². The molecule has 19 heavy (non-hydrogen) atoms. The smallest absolute Gasteiger partial charge is 0.120 e. The first kappa shape index (κ1) is 14.6. The highest BCUT2D eigenvalue weighted by Crippen LogP contribution is 2.18. The van der Waals surface area contributed by atoms with Crippen molar-refractivity contribution in [1.82, 2.24) is 0 Å². The second kappa shape index (κ2) is 7.68. The molecule has 0 spiro atoms. The van der Waals surface area contributed by atoms with E-state index >= 15 is 0 Å². The van der Waals surface area contributed by atoms with Gasteiger partial charge in [0.2, 0.25) is 0 Å². The van der Waals surface area contributed by atoms with Gasteiger partial charge in [-0.3, -0.25) is 0 Å². The Morgan fingerprint density at radius 1 is 0.895 bits per heavy atom. The van der Waals surface area contributed by atoms with E-state index in [-0.39, 0.29) is 0 Å². The van der Waals surface area contributed by atoms with E-state index in [1.807, 2.05) is 48.5 Å². The maximum absolute atomic E-state index is 5.59. The van der Waals surface area contributed by atoms with Gasteiger partial charge < -0.3 is 9.47 Å². The Kier molecular flexibility index (Phi) is 5.89. The molecule has 2 rings (SSSR count). The monoisotopic (exact) mass is 384 g/mol. The molecule has 2 aromatic carbocycles. The predicted molar refractivity (Wildman–Crippen MR) is 83.4 cm³/mol. The van der Waals surface area contributed by atoms with Crippen molar-refractivity contribution in [3.8, 4) is 5.75 Å². The lowest BCUT2D eigenvalue weighted by Gasteiger charge is -2.08. The van der Waals surface area contributed by atoms with Crippen LogP contribution in [0, 0.1) is 0 Å². The summed E-state index contributed by atoms with van der Waals surface area (Å²) in [5, 5.41) is 0. The van der Waals surface area contributed by atoms with Crippen molar-refractivity contribution in [3.63, 3.8) is 0 Å². The van der Waals surface area contributed by atoms with Gasteiger partial charge in [0, 0.05) is 8.95 Å². The van der Waals surface area contributed by atoms with E-state index in [0.717, 1.165) is 20.3 Å². The van der Waals surface area contributed by atoms with Gasteiger partial charge >= 0.3 is 0 Å². The second-order valence-electron chi connectivity index (χ2n) is 3.95. The zero-order chi connectivity index (χ0) is 13.5. The van der Waals surface area contributed by atoms with Crippen LogP contribution >= 0.6 is 31.9 Å². The minimum Gasteiger partial charge on any atom is -0.491 e. The van der Waals surface area contributed by atoms with Crippen LogP contribution in [0.1, 0.15) is 5.56 Å². The van der Waals surface area contributed by atoms with Gasteiger partial charge in [-0.1, -0.05) is 56.1 Å². The summed E-state index contributed by atoms with van der Waals surface area (Å²) in [6.45, 7) is 1.69. The molecular formula is C15H14Br2O2. The molecule has 4 heteroatoms. The van der Waals surface area contributed by atoms with Gasteiger partial charge in [0.1, 0.15) is 12.4 Å². The Morgan fingerprint density at radius 2 is 1.74 bits per heavy atom. The lowest BCUT2D eigenvalue weighted by atomic mass is 10.2. The molecule has 0 atom stereocenters. The highest BCUT2D eigenvalue weighted by Gasteiger charge is 1.99. The normalized spacial score (nSPS) is 10.4. The zero-order valence-corrected chi connectivity index (χ0v) is 13.5. The average Bonchev–Trinajstić information content (AvgIpc) is 2.40. The molecule has 0 saturated carbocycles. The maximum Gasteiger partial charge on any atom is 0.120 e. The van der Waals surface area contributed by atoms with E-state index in [1.54, 1.807) is 0 Å². The van der Waals surface area contributed by atoms with Gasteiger partial charge in [0.05, 0.1) is 13.2 Å². The minimum absolute atomic E-state index is 0.543. The van der Waals surface area contributed by atoms with Crippen molar-refractivity contribution >= 4 is 31.9 Å². The van der Waals surface area contributed by atoms with Crippen LogP contribution in [0.4, 0.5) is 0 Å². The van der Waals surface area contributed by atoms with E-state index in [9.17, 15) is 0 Å². The molecule has 0 N–H and O–H groups in total. The molecule has 0 aliphatic rings. The number of hydrogen-bond acceptors (Lipinski definition) is 2. The SMILES string of the molecule is Brc1cccc(OCCOCc2ccccc2Br)c1. The summed E-state index contributed by atoms with van der Waals surface area (Å²) >= 11 is 6.90. The number of rotatable bonds is 6. The van der Waals surface area contributed by atoms with E-state index < -0.39 is 0 Å². The van der Waals surface area contributed by atoms with Crippen LogP contribution in [-0.4, -0.2) is 13.2 Å². The van der Waals surface area contributed by atoms with Crippen molar-refractivity contribution in [2.75, 3.05) is 13.2 Å². The first-order valence-electron chi connectivity index (χ1n) is 5.95. The fourth-order valence-corrected chi connectivity index (χ4v) is 2.35. The number of benzene rings is 2. The quantitative estimate of drug-likeness (QED) is 0.664. The molecule has 0 saturated heterocycles. The molecule has 0 unspecified atom stereocenters. The Morgan fingerprint density at radius 3 is 2.53 bits per heavy atom. The number of ether oxygens (including phenoxy) is 2. The summed E-state index contributed by atoms with van der Waals surface area (Å²) in [5.74, 6) is 0.846. The van der Waals surface area contributed by atoms with Gasteiger partial charge in [-0.05, 0) is 29.8 Å². The first-order valence-corrected chi connectivity index (χ1v) is 7.54. The Bertz CT molecular complexity index is 529. The standard InChI is InChI=1S/C15H14Br2O2/c16-13-5-3-6-14(10-13)19-9-8-18-11-12-4-1-2-7-15(12)17/h1-7,10H,8-9,11H2. The molecule has 100 valence electrons. The molecule has 0 aliphatic carbocycles. The summed E-state index contributed by atoms with van der Waals surface area (Å²) in [5.41, 5.74) is 1.14. The third kappa shape index (κ3) is 4.97. The third-order valence-corrected chi connectivity index (χ3v) is 3.77. The van der Waals surface area contributed by atoms with Crippen LogP contribution < -0.4 is 4.74 Å². The average molecular weight is 386 g/mol. The van der Waals surface area contributed by atoms with Gasteiger partial charge in [0.25, 0.3) is 0 Å². The van der Waals surface area contributed by atoms with E-state index in [0.29, 0.717) is 19.8 Å². The molecule has 0 bridgehead atoms. The molecule has 0 heterocycles. The predicted octanol–water partition coefficient (Wildman–Crippen LogP) is 4.81. The third-order valence-electron chi connectivity index (χ3n) is 2.51. The van der Waals surface area contributed by atoms with Crippen LogP contribution in [0.5, 0.6) is 5.75 Å². The Balaban J connectivity index is 1.69. The van der Waals surface area contributed by atoms with Crippen LogP contribution in [0.2, 0.25) is 0 Å². The van der Waals surface area contributed by atoms with Gasteiger partial charge in [-0.25, -0.2) is 0 Å². The van der Waals surface area contributed by atoms with Crippen molar-refractivity contribution in [3.05, 3.63) is 63.0 Å². The number of halogens is 2. The summed E-state index contributed by atoms with van der Waals surface area (Å²) in [6, 6.07) is 15.8. The minimum atomic E-state index is 0.543. The highest BCUT2D eigenvalue weighted by molar-refractivity contribution is 9.10. The molecule has 0 aromatic heterocycles. The molecule has 0 fully saturated rings. The van der Waals surface area contributed by atoms with Crippen molar-refractivity contribution in [2.24, 2.45) is 0 Å². The number of hydrogen-bond donors (Lipinski definition) is 0. The van der Waals surface area contributed by atoms with E-state index in [4.69, 9.17) is 9.47 Å². The molecule has 2 nitrogen and oxygen atoms in total.